The van der Waals surface area contributed by atoms with Crippen molar-refractivity contribution in [2.75, 3.05) is 39.3 Å². The normalized spacial score (nSPS) is 19.7. The summed E-state index contributed by atoms with van der Waals surface area (Å²) in [5.74, 6) is 0.256. The van der Waals surface area contributed by atoms with Crippen LogP contribution >= 0.6 is 0 Å². The summed E-state index contributed by atoms with van der Waals surface area (Å²) in [7, 11) is -3.43. The Kier molecular flexibility index (Phi) is 8.18. The molecular formula is C25H32FN3O4S. The van der Waals surface area contributed by atoms with Gasteiger partial charge in [-0.1, -0.05) is 12.1 Å². The number of hydrogen-bond donors (Lipinski definition) is 1. The van der Waals surface area contributed by atoms with Crippen molar-refractivity contribution < 1.29 is 22.3 Å². The number of nitrogens with zero attached hydrogens (tertiary/aromatic N) is 2. The van der Waals surface area contributed by atoms with E-state index < -0.39 is 10.0 Å². The van der Waals surface area contributed by atoms with E-state index >= 15 is 0 Å². The Hall–Kier alpha value is -2.49. The summed E-state index contributed by atoms with van der Waals surface area (Å²) in [5, 5.41) is 2.94. The maximum absolute atomic E-state index is 13.1. The molecule has 2 aromatic carbocycles. The van der Waals surface area contributed by atoms with Crippen molar-refractivity contribution in [3.63, 3.8) is 0 Å². The lowest BCUT2D eigenvalue weighted by atomic mass is 9.96. The molecule has 0 bridgehead atoms. The van der Waals surface area contributed by atoms with Gasteiger partial charge in [-0.05, 0) is 74.2 Å². The molecular weight excluding hydrogens is 457 g/mol. The van der Waals surface area contributed by atoms with E-state index in [1.165, 1.54) is 16.4 Å². The smallest absolute Gasteiger partial charge is 0.243 e. The number of nitrogens with one attached hydrogen (secondary N) is 1. The first-order valence-corrected chi connectivity index (χ1v) is 13.3. The Bertz CT molecular complexity index is 1050. The van der Waals surface area contributed by atoms with E-state index in [4.69, 9.17) is 4.74 Å². The van der Waals surface area contributed by atoms with Crippen LogP contribution in [0.15, 0.2) is 53.4 Å². The van der Waals surface area contributed by atoms with Gasteiger partial charge in [0.25, 0.3) is 0 Å². The van der Waals surface area contributed by atoms with Crippen molar-refractivity contribution in [2.45, 2.75) is 37.1 Å². The third-order valence-corrected chi connectivity index (χ3v) is 8.31. The summed E-state index contributed by atoms with van der Waals surface area (Å²) in [6.07, 6.45) is 3.60. The van der Waals surface area contributed by atoms with Crippen LogP contribution in [0.5, 0.6) is 5.75 Å². The topological polar surface area (TPSA) is 78.9 Å². The fraction of sp³-hybridized carbons (Fsp3) is 0.480. The van der Waals surface area contributed by atoms with Gasteiger partial charge in [-0.25, -0.2) is 12.8 Å². The van der Waals surface area contributed by atoms with Crippen molar-refractivity contribution in [2.24, 2.45) is 5.92 Å². The second-order valence-electron chi connectivity index (χ2n) is 8.92. The van der Waals surface area contributed by atoms with Crippen molar-refractivity contribution in [3.05, 3.63) is 59.9 Å². The quantitative estimate of drug-likeness (QED) is 0.548. The third-order valence-electron chi connectivity index (χ3n) is 6.39. The zero-order chi connectivity index (χ0) is 24.0. The van der Waals surface area contributed by atoms with Gasteiger partial charge >= 0.3 is 0 Å². The highest BCUT2D eigenvalue weighted by molar-refractivity contribution is 7.89. The summed E-state index contributed by atoms with van der Waals surface area (Å²) in [6.45, 7) is 4.13. The summed E-state index contributed by atoms with van der Waals surface area (Å²) in [4.78, 5) is 15.1. The van der Waals surface area contributed by atoms with Crippen LogP contribution in [-0.4, -0.2) is 62.9 Å². The van der Waals surface area contributed by atoms with E-state index in [1.54, 1.807) is 36.4 Å². The van der Waals surface area contributed by atoms with Gasteiger partial charge < -0.3 is 10.1 Å². The molecule has 2 aliphatic heterocycles. The van der Waals surface area contributed by atoms with Gasteiger partial charge in [0, 0.05) is 26.2 Å². The van der Waals surface area contributed by atoms with Gasteiger partial charge in [0.05, 0.1) is 17.4 Å². The van der Waals surface area contributed by atoms with E-state index in [2.05, 4.69) is 10.2 Å². The molecule has 34 heavy (non-hydrogen) atoms. The second kappa shape index (κ2) is 11.3. The lowest BCUT2D eigenvalue weighted by Gasteiger charge is -2.32. The van der Waals surface area contributed by atoms with E-state index in [-0.39, 0.29) is 22.5 Å². The monoisotopic (exact) mass is 489 g/mol. The molecule has 2 aromatic rings. The van der Waals surface area contributed by atoms with Crippen molar-refractivity contribution in [1.29, 1.82) is 0 Å². The molecule has 1 N–H and O–H groups in total. The number of piperidine rings is 1. The van der Waals surface area contributed by atoms with Crippen LogP contribution in [-0.2, 0) is 21.4 Å². The van der Waals surface area contributed by atoms with Crippen molar-refractivity contribution in [1.82, 2.24) is 14.5 Å². The number of amides is 1. The predicted molar refractivity (Wildman–Crippen MR) is 127 cm³/mol. The van der Waals surface area contributed by atoms with Gasteiger partial charge in [-0.15, -0.1) is 0 Å². The average molecular weight is 490 g/mol. The molecule has 1 atom stereocenters. The lowest BCUT2D eigenvalue weighted by Crippen LogP contribution is -2.43. The van der Waals surface area contributed by atoms with Crippen LogP contribution in [0.1, 0.15) is 31.2 Å². The van der Waals surface area contributed by atoms with Gasteiger partial charge in [-0.2, -0.15) is 4.31 Å². The van der Waals surface area contributed by atoms with Crippen LogP contribution in [0.25, 0.3) is 0 Å². The standard InChI is InChI=1S/C25H32FN3O4S/c26-22-7-5-20(6-8-22)18-28-14-3-4-21(19-28)25(30)27-13-17-33-23-9-11-24(12-10-23)34(31,32)29-15-1-2-16-29/h5-12,21H,1-4,13-19H2,(H,27,30)/t21-/m1/s1. The highest BCUT2D eigenvalue weighted by atomic mass is 32.2. The largest absolute Gasteiger partial charge is 0.492 e. The molecule has 0 radical (unpaired) electrons. The molecule has 0 aliphatic carbocycles. The molecule has 2 saturated heterocycles. The second-order valence-corrected chi connectivity index (χ2v) is 10.9. The minimum absolute atomic E-state index is 0.0134. The first-order chi connectivity index (χ1) is 16.4. The number of rotatable bonds is 9. The molecule has 0 aromatic heterocycles. The van der Waals surface area contributed by atoms with E-state index in [0.717, 1.165) is 37.8 Å². The summed E-state index contributed by atoms with van der Waals surface area (Å²) in [5.41, 5.74) is 1.04. The molecule has 0 saturated carbocycles. The number of carbonyl (C=O) groups excluding carboxylic acids is 1. The van der Waals surface area contributed by atoms with Crippen LogP contribution in [0.2, 0.25) is 0 Å². The number of sulfonamides is 1. The van der Waals surface area contributed by atoms with Gasteiger partial charge in [0.15, 0.2) is 0 Å². The third kappa shape index (κ3) is 6.34. The fourth-order valence-corrected chi connectivity index (χ4v) is 6.05. The van der Waals surface area contributed by atoms with Crippen LogP contribution < -0.4 is 10.1 Å². The van der Waals surface area contributed by atoms with Crippen LogP contribution in [0.4, 0.5) is 4.39 Å². The molecule has 2 aliphatic rings. The molecule has 9 heteroatoms. The van der Waals surface area contributed by atoms with Crippen molar-refractivity contribution >= 4 is 15.9 Å². The minimum atomic E-state index is -3.43. The molecule has 0 unspecified atom stereocenters. The first kappa shape index (κ1) is 24.6. The number of carbonyl (C=O) groups is 1. The predicted octanol–water partition coefficient (Wildman–Crippen LogP) is 3.02. The van der Waals surface area contributed by atoms with Gasteiger partial charge in [0.2, 0.25) is 15.9 Å². The Labute approximate surface area is 200 Å². The average Bonchev–Trinajstić information content (AvgIpc) is 3.40. The molecule has 2 heterocycles. The molecule has 184 valence electrons. The maximum atomic E-state index is 13.1. The Morgan fingerprint density at radius 1 is 1.00 bits per heavy atom. The molecule has 7 nitrogen and oxygen atoms in total. The molecule has 2 fully saturated rings. The summed E-state index contributed by atoms with van der Waals surface area (Å²) < 4.78 is 45.5. The number of ether oxygens (including phenoxy) is 1. The number of benzene rings is 2. The molecule has 0 spiro atoms. The first-order valence-electron chi connectivity index (χ1n) is 11.9. The Balaban J connectivity index is 1.19. The summed E-state index contributed by atoms with van der Waals surface area (Å²) >= 11 is 0. The highest BCUT2D eigenvalue weighted by Crippen LogP contribution is 2.23. The SMILES string of the molecule is O=C(NCCOc1ccc(S(=O)(=O)N2CCCC2)cc1)[C@@H]1CCCN(Cc2ccc(F)cc2)C1. The van der Waals surface area contributed by atoms with Gasteiger partial charge in [0.1, 0.15) is 18.2 Å². The van der Waals surface area contributed by atoms with E-state index in [1.807, 2.05) is 0 Å². The number of halogens is 1. The Morgan fingerprint density at radius 2 is 1.71 bits per heavy atom. The van der Waals surface area contributed by atoms with Gasteiger partial charge in [-0.3, -0.25) is 9.69 Å². The maximum Gasteiger partial charge on any atom is 0.243 e. The Morgan fingerprint density at radius 3 is 2.41 bits per heavy atom. The highest BCUT2D eigenvalue weighted by Gasteiger charge is 2.27. The molecule has 4 rings (SSSR count). The van der Waals surface area contributed by atoms with Crippen molar-refractivity contribution in [3.8, 4) is 5.75 Å². The zero-order valence-corrected chi connectivity index (χ0v) is 20.1. The lowest BCUT2D eigenvalue weighted by molar-refractivity contribution is -0.126. The summed E-state index contributed by atoms with van der Waals surface area (Å²) in [6, 6.07) is 12.9. The van der Waals surface area contributed by atoms with Crippen LogP contribution in [0, 0.1) is 11.7 Å². The van der Waals surface area contributed by atoms with E-state index in [9.17, 15) is 17.6 Å². The minimum Gasteiger partial charge on any atom is -0.492 e. The number of likely N-dealkylation sites (tertiary alicyclic amines) is 1. The molecule has 1 amide bonds. The number of hydrogen-bond acceptors (Lipinski definition) is 5. The van der Waals surface area contributed by atoms with Crippen LogP contribution in [0.3, 0.4) is 0 Å². The zero-order valence-electron chi connectivity index (χ0n) is 19.3. The fourth-order valence-electron chi connectivity index (χ4n) is 4.53. The van der Waals surface area contributed by atoms with E-state index in [0.29, 0.717) is 45.1 Å².